The number of amides is 1. The van der Waals surface area contributed by atoms with Crippen molar-refractivity contribution in [3.05, 3.63) is 77.9 Å². The van der Waals surface area contributed by atoms with E-state index in [2.05, 4.69) is 15.3 Å². The van der Waals surface area contributed by atoms with Crippen molar-refractivity contribution in [3.63, 3.8) is 0 Å². The van der Waals surface area contributed by atoms with Gasteiger partial charge in [0.1, 0.15) is 22.9 Å². The molecule has 0 bridgehead atoms. The highest BCUT2D eigenvalue weighted by Crippen LogP contribution is 2.18. The molecule has 10 heteroatoms. The van der Waals surface area contributed by atoms with Crippen LogP contribution in [-0.2, 0) is 27.9 Å². The van der Waals surface area contributed by atoms with Gasteiger partial charge in [0.05, 0.1) is 13.2 Å². The molecule has 1 aliphatic heterocycles. The number of nitrogens with zero attached hydrogens (tertiary/aromatic N) is 2. The van der Waals surface area contributed by atoms with Crippen LogP contribution in [0.4, 0.5) is 0 Å². The number of morpholine rings is 1. The van der Waals surface area contributed by atoms with E-state index in [4.69, 9.17) is 9.47 Å². The minimum absolute atomic E-state index is 0.0691. The summed E-state index contributed by atoms with van der Waals surface area (Å²) in [5.74, 6) is 0.330. The number of pyridine rings is 1. The molecule has 0 aliphatic carbocycles. The van der Waals surface area contributed by atoms with E-state index >= 15 is 0 Å². The lowest BCUT2D eigenvalue weighted by molar-refractivity contribution is 0.0730. The van der Waals surface area contributed by atoms with E-state index in [0.717, 1.165) is 11.1 Å². The molecule has 0 unspecified atom stereocenters. The molecule has 168 valence electrons. The van der Waals surface area contributed by atoms with Crippen molar-refractivity contribution in [3.8, 4) is 5.75 Å². The lowest BCUT2D eigenvalue weighted by atomic mass is 10.2. The van der Waals surface area contributed by atoms with E-state index in [1.54, 1.807) is 12.4 Å². The largest absolute Gasteiger partial charge is 0.489 e. The van der Waals surface area contributed by atoms with E-state index in [0.29, 0.717) is 45.2 Å². The molecule has 2 N–H and O–H groups in total. The van der Waals surface area contributed by atoms with Gasteiger partial charge in [0, 0.05) is 43.8 Å². The Bertz CT molecular complexity index is 1140. The summed E-state index contributed by atoms with van der Waals surface area (Å²) >= 11 is 0. The summed E-state index contributed by atoms with van der Waals surface area (Å²) in [4.78, 5) is 19.3. The first-order valence-corrected chi connectivity index (χ1v) is 11.6. The minimum Gasteiger partial charge on any atom is -0.489 e. The van der Waals surface area contributed by atoms with Crippen LogP contribution >= 0.6 is 0 Å². The molecule has 1 fully saturated rings. The van der Waals surface area contributed by atoms with E-state index in [9.17, 15) is 13.2 Å². The zero-order valence-electron chi connectivity index (χ0n) is 17.4. The van der Waals surface area contributed by atoms with Gasteiger partial charge in [-0.3, -0.25) is 9.78 Å². The molecule has 32 heavy (non-hydrogen) atoms. The standard InChI is InChI=1S/C22H24N4O5S/c27-22(21-12-20(15-24-21)32(28,29)26-8-10-30-11-9-26)25-14-17-3-5-19(6-4-17)31-16-18-2-1-7-23-13-18/h1-7,12-13,15,24H,8-11,14,16H2,(H,25,27). The predicted molar refractivity (Wildman–Crippen MR) is 117 cm³/mol. The third-order valence-corrected chi connectivity index (χ3v) is 6.89. The molecule has 0 atom stereocenters. The van der Waals surface area contributed by atoms with Gasteiger partial charge < -0.3 is 19.8 Å². The number of rotatable bonds is 8. The van der Waals surface area contributed by atoms with Crippen LogP contribution in [-0.4, -0.2) is 54.9 Å². The van der Waals surface area contributed by atoms with Crippen molar-refractivity contribution in [1.82, 2.24) is 19.6 Å². The maximum absolute atomic E-state index is 12.7. The third kappa shape index (κ3) is 5.34. The Morgan fingerprint density at radius 2 is 1.94 bits per heavy atom. The number of aromatic amines is 1. The van der Waals surface area contributed by atoms with Crippen LogP contribution < -0.4 is 10.1 Å². The van der Waals surface area contributed by atoms with Gasteiger partial charge in [0.2, 0.25) is 10.0 Å². The van der Waals surface area contributed by atoms with Gasteiger partial charge in [-0.25, -0.2) is 8.42 Å². The maximum Gasteiger partial charge on any atom is 0.268 e. The molecule has 4 rings (SSSR count). The first-order valence-electron chi connectivity index (χ1n) is 10.2. The van der Waals surface area contributed by atoms with E-state index in [1.165, 1.54) is 16.6 Å². The summed E-state index contributed by atoms with van der Waals surface area (Å²) in [7, 11) is -3.65. The normalized spacial score (nSPS) is 14.8. The second-order valence-corrected chi connectivity index (χ2v) is 9.18. The monoisotopic (exact) mass is 456 g/mol. The number of H-pyrrole nitrogens is 1. The zero-order valence-corrected chi connectivity index (χ0v) is 18.2. The van der Waals surface area contributed by atoms with Gasteiger partial charge in [-0.05, 0) is 29.8 Å². The summed E-state index contributed by atoms with van der Waals surface area (Å²) in [6.45, 7) is 2.06. The molecule has 2 aromatic heterocycles. The topological polar surface area (TPSA) is 114 Å². The fraction of sp³-hybridized carbons (Fsp3) is 0.273. The Morgan fingerprint density at radius 3 is 2.66 bits per heavy atom. The smallest absolute Gasteiger partial charge is 0.268 e. The molecule has 1 aromatic carbocycles. The van der Waals surface area contributed by atoms with Gasteiger partial charge in [-0.1, -0.05) is 18.2 Å². The lowest BCUT2D eigenvalue weighted by Gasteiger charge is -2.25. The number of benzene rings is 1. The Balaban J connectivity index is 1.30. The maximum atomic E-state index is 12.7. The van der Waals surface area contributed by atoms with Crippen molar-refractivity contribution < 1.29 is 22.7 Å². The molecular formula is C22H24N4O5S. The molecule has 9 nitrogen and oxygen atoms in total. The summed E-state index contributed by atoms with van der Waals surface area (Å²) in [6, 6.07) is 12.5. The van der Waals surface area contributed by atoms with Crippen LogP contribution in [0.5, 0.6) is 5.75 Å². The highest BCUT2D eigenvalue weighted by Gasteiger charge is 2.27. The van der Waals surface area contributed by atoms with Crippen LogP contribution in [0, 0.1) is 0 Å². The van der Waals surface area contributed by atoms with Crippen LogP contribution in [0.15, 0.2) is 66.0 Å². The zero-order chi connectivity index (χ0) is 22.4. The molecule has 0 spiro atoms. The van der Waals surface area contributed by atoms with Crippen molar-refractivity contribution in [2.45, 2.75) is 18.0 Å². The molecule has 3 aromatic rings. The van der Waals surface area contributed by atoms with E-state index < -0.39 is 10.0 Å². The highest BCUT2D eigenvalue weighted by atomic mass is 32.2. The molecule has 1 amide bonds. The summed E-state index contributed by atoms with van der Waals surface area (Å²) in [6.07, 6.45) is 4.81. The molecule has 3 heterocycles. The number of ether oxygens (including phenoxy) is 2. The molecule has 1 aliphatic rings. The Morgan fingerprint density at radius 1 is 1.16 bits per heavy atom. The number of hydrogen-bond donors (Lipinski definition) is 2. The first kappa shape index (κ1) is 22.0. The van der Waals surface area contributed by atoms with E-state index in [-0.39, 0.29) is 16.5 Å². The number of nitrogens with one attached hydrogen (secondary N) is 2. The Kier molecular flexibility index (Phi) is 6.84. The third-order valence-electron chi connectivity index (χ3n) is 5.01. The lowest BCUT2D eigenvalue weighted by Crippen LogP contribution is -2.40. The van der Waals surface area contributed by atoms with Crippen LogP contribution in [0.3, 0.4) is 0 Å². The van der Waals surface area contributed by atoms with Gasteiger partial charge >= 0.3 is 0 Å². The summed E-state index contributed by atoms with van der Waals surface area (Å²) in [5.41, 5.74) is 2.05. The predicted octanol–water partition coefficient (Wildman–Crippen LogP) is 1.94. The highest BCUT2D eigenvalue weighted by molar-refractivity contribution is 7.89. The molecule has 0 saturated carbocycles. The fourth-order valence-corrected chi connectivity index (χ4v) is 4.62. The summed E-state index contributed by atoms with van der Waals surface area (Å²) < 4.78 is 37.7. The average Bonchev–Trinajstić information content (AvgIpc) is 3.35. The minimum atomic E-state index is -3.65. The van der Waals surface area contributed by atoms with Gasteiger partial charge in [0.15, 0.2) is 0 Å². The second-order valence-electron chi connectivity index (χ2n) is 7.24. The second kappa shape index (κ2) is 9.94. The van der Waals surface area contributed by atoms with Crippen LogP contribution in [0.25, 0.3) is 0 Å². The van der Waals surface area contributed by atoms with Crippen molar-refractivity contribution in [2.75, 3.05) is 26.3 Å². The SMILES string of the molecule is O=C(NCc1ccc(OCc2cccnc2)cc1)c1cc(S(=O)(=O)N2CCOCC2)c[nH]1. The number of sulfonamides is 1. The van der Waals surface area contributed by atoms with Crippen molar-refractivity contribution in [1.29, 1.82) is 0 Å². The van der Waals surface area contributed by atoms with Crippen molar-refractivity contribution in [2.24, 2.45) is 0 Å². The quantitative estimate of drug-likeness (QED) is 0.536. The molecule has 1 saturated heterocycles. The van der Waals surface area contributed by atoms with Crippen molar-refractivity contribution >= 4 is 15.9 Å². The number of hydrogen-bond acceptors (Lipinski definition) is 6. The Labute approximate surface area is 186 Å². The van der Waals surface area contributed by atoms with Gasteiger partial charge in [-0.2, -0.15) is 4.31 Å². The molecular weight excluding hydrogens is 432 g/mol. The first-order chi connectivity index (χ1) is 15.5. The number of carbonyl (C=O) groups is 1. The number of aromatic nitrogens is 2. The van der Waals surface area contributed by atoms with Crippen LogP contribution in [0.2, 0.25) is 0 Å². The average molecular weight is 457 g/mol. The van der Waals surface area contributed by atoms with E-state index in [1.807, 2.05) is 36.4 Å². The number of carbonyl (C=O) groups excluding carboxylic acids is 1. The fourth-order valence-electron chi connectivity index (χ4n) is 3.22. The summed E-state index contributed by atoms with van der Waals surface area (Å²) in [5, 5.41) is 2.79. The van der Waals surface area contributed by atoms with Gasteiger partial charge in [0.25, 0.3) is 5.91 Å². The van der Waals surface area contributed by atoms with Gasteiger partial charge in [-0.15, -0.1) is 0 Å². The molecule has 0 radical (unpaired) electrons. The van der Waals surface area contributed by atoms with Crippen LogP contribution in [0.1, 0.15) is 21.6 Å². The Hall–Kier alpha value is -3.21.